The third kappa shape index (κ3) is 5.10. The number of benzene rings is 1. The molecule has 2 saturated heterocycles. The van der Waals surface area contributed by atoms with Gasteiger partial charge < -0.3 is 5.32 Å². The zero-order valence-corrected chi connectivity index (χ0v) is 17.4. The van der Waals surface area contributed by atoms with Crippen LogP contribution in [-0.4, -0.2) is 49.1 Å². The fourth-order valence-electron chi connectivity index (χ4n) is 4.26. The van der Waals surface area contributed by atoms with E-state index in [1.165, 1.54) is 16.4 Å². The lowest BCUT2D eigenvalue weighted by Gasteiger charge is -2.39. The van der Waals surface area contributed by atoms with Crippen molar-refractivity contribution in [1.82, 2.24) is 13.9 Å². The minimum Gasteiger partial charge on any atom is -0.352 e. The lowest BCUT2D eigenvalue weighted by molar-refractivity contribution is -0.126. The van der Waals surface area contributed by atoms with E-state index in [1.54, 1.807) is 16.4 Å². The zero-order chi connectivity index (χ0) is 20.3. The Labute approximate surface area is 167 Å². The molecule has 2 aliphatic rings. The molecule has 0 aromatic heterocycles. The van der Waals surface area contributed by atoms with Crippen LogP contribution in [0.4, 0.5) is 4.39 Å². The van der Waals surface area contributed by atoms with Gasteiger partial charge in [-0.2, -0.15) is 17.0 Å². The molecule has 1 aromatic carbocycles. The number of carbonyl (C=O) groups is 1. The molecule has 2 heterocycles. The maximum absolute atomic E-state index is 13.1. The first-order valence-electron chi connectivity index (χ1n) is 10.0. The number of nitrogens with zero attached hydrogens (tertiary/aromatic N) is 2. The van der Waals surface area contributed by atoms with E-state index in [2.05, 4.69) is 19.2 Å². The summed E-state index contributed by atoms with van der Waals surface area (Å²) in [6, 6.07) is 5.98. The van der Waals surface area contributed by atoms with E-state index in [1.807, 2.05) is 0 Å². The molecule has 6 nitrogen and oxygen atoms in total. The smallest absolute Gasteiger partial charge is 0.282 e. The van der Waals surface area contributed by atoms with Crippen molar-refractivity contribution in [2.75, 3.05) is 26.2 Å². The molecule has 156 valence electrons. The highest BCUT2D eigenvalue weighted by Gasteiger charge is 2.38. The van der Waals surface area contributed by atoms with Gasteiger partial charge in [-0.1, -0.05) is 26.0 Å². The second-order valence-corrected chi connectivity index (χ2v) is 10.2. The van der Waals surface area contributed by atoms with Crippen molar-refractivity contribution in [3.63, 3.8) is 0 Å². The van der Waals surface area contributed by atoms with Gasteiger partial charge in [0, 0.05) is 32.7 Å². The molecular weight excluding hydrogens is 381 g/mol. The van der Waals surface area contributed by atoms with Crippen LogP contribution in [0.3, 0.4) is 0 Å². The maximum atomic E-state index is 13.1. The van der Waals surface area contributed by atoms with Crippen LogP contribution in [0.15, 0.2) is 24.3 Å². The van der Waals surface area contributed by atoms with E-state index in [-0.39, 0.29) is 24.2 Å². The monoisotopic (exact) mass is 411 g/mol. The Morgan fingerprint density at radius 3 is 2.39 bits per heavy atom. The molecule has 0 radical (unpaired) electrons. The Balaban J connectivity index is 1.59. The molecule has 3 unspecified atom stereocenters. The zero-order valence-electron chi connectivity index (χ0n) is 16.6. The average Bonchev–Trinajstić information content (AvgIpc) is 2.66. The minimum absolute atomic E-state index is 0.149. The van der Waals surface area contributed by atoms with Gasteiger partial charge >= 0.3 is 0 Å². The van der Waals surface area contributed by atoms with Gasteiger partial charge in [0.2, 0.25) is 5.91 Å². The first kappa shape index (κ1) is 21.2. The van der Waals surface area contributed by atoms with E-state index in [0.717, 1.165) is 12.0 Å². The normalized spacial score (nSPS) is 27.5. The van der Waals surface area contributed by atoms with Crippen LogP contribution in [0, 0.1) is 23.6 Å². The fraction of sp³-hybridized carbons (Fsp3) is 0.650. The second kappa shape index (κ2) is 8.88. The van der Waals surface area contributed by atoms with Crippen molar-refractivity contribution in [2.45, 2.75) is 39.7 Å². The standard InChI is InChI=1S/C20H30FN3O3S/c1-15-10-16(2)13-24(12-15)28(26,27)23-9-3-4-18(14-23)20(25)22-11-17-5-7-19(21)8-6-17/h5-8,15-16,18H,3-4,9-14H2,1-2H3,(H,22,25). The number of halogens is 1. The number of hydrogen-bond donors (Lipinski definition) is 1. The van der Waals surface area contributed by atoms with Gasteiger partial charge in [0.05, 0.1) is 5.92 Å². The molecule has 2 aliphatic heterocycles. The number of piperidine rings is 2. The third-order valence-corrected chi connectivity index (χ3v) is 7.56. The van der Waals surface area contributed by atoms with Crippen molar-refractivity contribution in [3.05, 3.63) is 35.6 Å². The Hall–Kier alpha value is -1.51. The molecule has 8 heteroatoms. The fourth-order valence-corrected chi connectivity index (χ4v) is 6.20. The van der Waals surface area contributed by atoms with E-state index < -0.39 is 10.2 Å². The van der Waals surface area contributed by atoms with Crippen LogP contribution < -0.4 is 5.32 Å². The lowest BCUT2D eigenvalue weighted by Crippen LogP contribution is -2.53. The van der Waals surface area contributed by atoms with Crippen molar-refractivity contribution < 1.29 is 17.6 Å². The molecule has 0 bridgehead atoms. The van der Waals surface area contributed by atoms with Crippen LogP contribution in [0.1, 0.15) is 38.7 Å². The van der Waals surface area contributed by atoms with Gasteiger partial charge in [0.15, 0.2) is 0 Å². The quantitative estimate of drug-likeness (QED) is 0.809. The Morgan fingerprint density at radius 2 is 1.75 bits per heavy atom. The van der Waals surface area contributed by atoms with Crippen molar-refractivity contribution in [1.29, 1.82) is 0 Å². The first-order valence-corrected chi connectivity index (χ1v) is 11.4. The summed E-state index contributed by atoms with van der Waals surface area (Å²) in [4.78, 5) is 12.6. The molecule has 2 fully saturated rings. The van der Waals surface area contributed by atoms with Gasteiger partial charge in [-0.25, -0.2) is 4.39 Å². The van der Waals surface area contributed by atoms with E-state index >= 15 is 0 Å². The van der Waals surface area contributed by atoms with Crippen molar-refractivity contribution >= 4 is 16.1 Å². The van der Waals surface area contributed by atoms with E-state index in [4.69, 9.17) is 0 Å². The molecule has 1 N–H and O–H groups in total. The first-order chi connectivity index (χ1) is 13.3. The summed E-state index contributed by atoms with van der Waals surface area (Å²) < 4.78 is 42.2. The molecular formula is C20H30FN3O3S. The summed E-state index contributed by atoms with van der Waals surface area (Å²) >= 11 is 0. The predicted octanol–water partition coefficient (Wildman–Crippen LogP) is 2.38. The molecule has 3 rings (SSSR count). The van der Waals surface area contributed by atoms with Crippen LogP contribution in [0.5, 0.6) is 0 Å². The Kier molecular flexibility index (Phi) is 6.73. The van der Waals surface area contributed by atoms with Crippen LogP contribution in [0.2, 0.25) is 0 Å². The van der Waals surface area contributed by atoms with Crippen LogP contribution in [-0.2, 0) is 21.5 Å². The molecule has 0 saturated carbocycles. The molecule has 3 atom stereocenters. The van der Waals surface area contributed by atoms with Gasteiger partial charge in [-0.05, 0) is 48.8 Å². The Morgan fingerprint density at radius 1 is 1.11 bits per heavy atom. The van der Waals surface area contributed by atoms with Gasteiger partial charge in [0.25, 0.3) is 10.2 Å². The largest absolute Gasteiger partial charge is 0.352 e. The highest BCUT2D eigenvalue weighted by atomic mass is 32.2. The molecule has 28 heavy (non-hydrogen) atoms. The lowest BCUT2D eigenvalue weighted by atomic mass is 9.94. The molecule has 0 aliphatic carbocycles. The minimum atomic E-state index is -3.54. The predicted molar refractivity (Wildman–Crippen MR) is 106 cm³/mol. The van der Waals surface area contributed by atoms with E-state index in [9.17, 15) is 17.6 Å². The van der Waals surface area contributed by atoms with Crippen LogP contribution >= 0.6 is 0 Å². The summed E-state index contributed by atoms with van der Waals surface area (Å²) in [5.41, 5.74) is 0.811. The van der Waals surface area contributed by atoms with Crippen LogP contribution in [0.25, 0.3) is 0 Å². The van der Waals surface area contributed by atoms with Gasteiger partial charge in [-0.15, -0.1) is 0 Å². The van der Waals surface area contributed by atoms with Crippen molar-refractivity contribution in [3.8, 4) is 0 Å². The van der Waals surface area contributed by atoms with Gasteiger partial charge in [-0.3, -0.25) is 4.79 Å². The number of hydrogen-bond acceptors (Lipinski definition) is 3. The number of amides is 1. The Bertz CT molecular complexity index is 774. The number of rotatable bonds is 5. The number of carbonyl (C=O) groups excluding carboxylic acids is 1. The summed E-state index contributed by atoms with van der Waals surface area (Å²) in [6.07, 6.45) is 2.39. The number of nitrogens with one attached hydrogen (secondary N) is 1. The second-order valence-electron chi connectivity index (χ2n) is 8.31. The highest BCUT2D eigenvalue weighted by Crippen LogP contribution is 2.27. The third-order valence-electron chi connectivity index (χ3n) is 5.62. The molecule has 1 amide bonds. The topological polar surface area (TPSA) is 69.7 Å². The summed E-state index contributed by atoms with van der Waals surface area (Å²) in [6.45, 7) is 6.25. The van der Waals surface area contributed by atoms with Gasteiger partial charge in [0.1, 0.15) is 5.82 Å². The molecule has 1 aromatic rings. The summed E-state index contributed by atoms with van der Waals surface area (Å²) in [7, 11) is -3.54. The summed E-state index contributed by atoms with van der Waals surface area (Å²) in [5, 5.41) is 2.86. The highest BCUT2D eigenvalue weighted by molar-refractivity contribution is 7.86. The van der Waals surface area contributed by atoms with E-state index in [0.29, 0.717) is 50.9 Å². The van der Waals surface area contributed by atoms with Crippen molar-refractivity contribution in [2.24, 2.45) is 17.8 Å². The summed E-state index contributed by atoms with van der Waals surface area (Å²) in [5.74, 6) is -0.131. The molecule has 0 spiro atoms. The SMILES string of the molecule is CC1CC(C)CN(S(=O)(=O)N2CCCC(C(=O)NCc3ccc(F)cc3)C2)C1. The average molecular weight is 412 g/mol. The maximum Gasteiger partial charge on any atom is 0.282 e.